The highest BCUT2D eigenvalue weighted by molar-refractivity contribution is 5.15. The van der Waals surface area contributed by atoms with E-state index < -0.39 is 0 Å². The smallest absolute Gasteiger partial charge is 0.0537 e. The van der Waals surface area contributed by atoms with E-state index in [9.17, 15) is 0 Å². The van der Waals surface area contributed by atoms with Gasteiger partial charge in [0.2, 0.25) is 0 Å². The Balaban J connectivity index is 2.66. The zero-order valence-corrected chi connectivity index (χ0v) is 8.09. The fourth-order valence-corrected chi connectivity index (χ4v) is 1.24. The molecule has 0 fully saturated rings. The second kappa shape index (κ2) is 4.26. The van der Waals surface area contributed by atoms with Crippen molar-refractivity contribution >= 4 is 0 Å². The lowest BCUT2D eigenvalue weighted by Crippen LogP contribution is -2.12. The Kier molecular flexibility index (Phi) is 3.29. The Labute approximate surface area is 73.8 Å². The maximum Gasteiger partial charge on any atom is 0.0537 e. The van der Waals surface area contributed by atoms with Crippen LogP contribution in [-0.2, 0) is 13.1 Å². The van der Waals surface area contributed by atoms with E-state index in [0.717, 1.165) is 19.6 Å². The van der Waals surface area contributed by atoms with Gasteiger partial charge in [-0.1, -0.05) is 6.92 Å². The first-order valence-electron chi connectivity index (χ1n) is 4.51. The molecule has 3 heteroatoms. The zero-order chi connectivity index (χ0) is 8.97. The second-order valence-corrected chi connectivity index (χ2v) is 2.85. The molecule has 0 atom stereocenters. The molecule has 12 heavy (non-hydrogen) atoms. The Hall–Kier alpha value is -0.830. The van der Waals surface area contributed by atoms with E-state index in [1.54, 1.807) is 0 Å². The third kappa shape index (κ3) is 1.85. The summed E-state index contributed by atoms with van der Waals surface area (Å²) in [6.07, 6.45) is 1.95. The highest BCUT2D eigenvalue weighted by Gasteiger charge is 2.02. The second-order valence-electron chi connectivity index (χ2n) is 2.85. The molecule has 0 aliphatic heterocycles. The van der Waals surface area contributed by atoms with Gasteiger partial charge in [0.1, 0.15) is 0 Å². The Morgan fingerprint density at radius 3 is 2.75 bits per heavy atom. The van der Waals surface area contributed by atoms with Crippen molar-refractivity contribution in [3.05, 3.63) is 17.5 Å². The fraction of sp³-hybridized carbons (Fsp3) is 0.667. The van der Waals surface area contributed by atoms with Crippen molar-refractivity contribution in [2.24, 2.45) is 0 Å². The van der Waals surface area contributed by atoms with E-state index in [2.05, 4.69) is 31.2 Å². The van der Waals surface area contributed by atoms with E-state index in [1.165, 1.54) is 11.3 Å². The van der Waals surface area contributed by atoms with Gasteiger partial charge in [0, 0.05) is 24.3 Å². The molecular weight excluding hydrogens is 150 g/mol. The van der Waals surface area contributed by atoms with Gasteiger partial charge in [0.05, 0.1) is 6.20 Å². The molecule has 0 amide bonds. The number of nitrogens with one attached hydrogen (secondary N) is 1. The summed E-state index contributed by atoms with van der Waals surface area (Å²) in [7, 11) is 0. The van der Waals surface area contributed by atoms with Gasteiger partial charge in [0.25, 0.3) is 0 Å². The molecule has 1 rings (SSSR count). The van der Waals surface area contributed by atoms with Gasteiger partial charge in [-0.25, -0.2) is 0 Å². The van der Waals surface area contributed by atoms with Gasteiger partial charge in [0.15, 0.2) is 0 Å². The number of hydrogen-bond donors (Lipinski definition) is 1. The highest BCUT2D eigenvalue weighted by atomic mass is 15.3. The monoisotopic (exact) mass is 167 g/mol. The lowest BCUT2D eigenvalue weighted by molar-refractivity contribution is 0.635. The lowest BCUT2D eigenvalue weighted by Gasteiger charge is -2.02. The van der Waals surface area contributed by atoms with Gasteiger partial charge in [-0.2, -0.15) is 5.10 Å². The van der Waals surface area contributed by atoms with Gasteiger partial charge < -0.3 is 5.32 Å². The summed E-state index contributed by atoms with van der Waals surface area (Å²) in [5.74, 6) is 0. The topological polar surface area (TPSA) is 29.9 Å². The van der Waals surface area contributed by atoms with Crippen molar-refractivity contribution in [3.63, 3.8) is 0 Å². The van der Waals surface area contributed by atoms with Crippen LogP contribution < -0.4 is 5.32 Å². The quantitative estimate of drug-likeness (QED) is 0.733. The van der Waals surface area contributed by atoms with Crippen molar-refractivity contribution in [2.75, 3.05) is 6.54 Å². The molecule has 1 heterocycles. The molecule has 1 aromatic rings. The van der Waals surface area contributed by atoms with Crippen LogP contribution in [0.5, 0.6) is 0 Å². The van der Waals surface area contributed by atoms with E-state index in [0.29, 0.717) is 0 Å². The largest absolute Gasteiger partial charge is 0.313 e. The van der Waals surface area contributed by atoms with Gasteiger partial charge in [-0.15, -0.1) is 0 Å². The molecule has 0 saturated carbocycles. The summed E-state index contributed by atoms with van der Waals surface area (Å²) >= 11 is 0. The molecule has 0 aliphatic rings. The predicted octanol–water partition coefficient (Wildman–Crippen LogP) is 1.32. The van der Waals surface area contributed by atoms with E-state index in [-0.39, 0.29) is 0 Å². The minimum atomic E-state index is 0.933. The molecule has 0 unspecified atom stereocenters. The molecule has 68 valence electrons. The molecule has 1 aromatic heterocycles. The van der Waals surface area contributed by atoms with Crippen LogP contribution in [-0.4, -0.2) is 16.3 Å². The maximum absolute atomic E-state index is 4.26. The molecule has 3 nitrogen and oxygen atoms in total. The van der Waals surface area contributed by atoms with E-state index in [1.807, 2.05) is 10.9 Å². The molecule has 0 bridgehead atoms. The predicted molar refractivity (Wildman–Crippen MR) is 50.0 cm³/mol. The summed E-state index contributed by atoms with van der Waals surface area (Å²) in [4.78, 5) is 0. The molecule has 0 aliphatic carbocycles. The van der Waals surface area contributed by atoms with Crippen molar-refractivity contribution in [2.45, 2.75) is 33.9 Å². The zero-order valence-electron chi connectivity index (χ0n) is 8.09. The first-order valence-corrected chi connectivity index (χ1v) is 4.51. The first kappa shape index (κ1) is 9.26. The number of nitrogens with zero attached hydrogens (tertiary/aromatic N) is 2. The van der Waals surface area contributed by atoms with Crippen LogP contribution in [0.1, 0.15) is 25.1 Å². The van der Waals surface area contributed by atoms with Crippen molar-refractivity contribution in [3.8, 4) is 0 Å². The normalized spacial score (nSPS) is 10.6. The number of aryl methyl sites for hydroxylation is 1. The standard InChI is InChI=1S/C9H17N3/c1-4-10-6-9-7-11-12(5-2)8(9)3/h7,10H,4-6H2,1-3H3. The number of hydrogen-bond acceptors (Lipinski definition) is 2. The van der Waals surface area contributed by atoms with Gasteiger partial charge in [-0.05, 0) is 20.4 Å². The Morgan fingerprint density at radius 1 is 1.50 bits per heavy atom. The Bertz CT molecular complexity index is 240. The molecule has 0 radical (unpaired) electrons. The van der Waals surface area contributed by atoms with E-state index in [4.69, 9.17) is 0 Å². The molecule has 0 aromatic carbocycles. The minimum absolute atomic E-state index is 0.933. The lowest BCUT2D eigenvalue weighted by atomic mass is 10.2. The van der Waals surface area contributed by atoms with E-state index >= 15 is 0 Å². The number of rotatable bonds is 4. The van der Waals surface area contributed by atoms with Crippen LogP contribution in [0.25, 0.3) is 0 Å². The first-order chi connectivity index (χ1) is 5.79. The van der Waals surface area contributed by atoms with Crippen LogP contribution in [0.3, 0.4) is 0 Å². The van der Waals surface area contributed by atoms with Crippen LogP contribution in [0, 0.1) is 6.92 Å². The average Bonchev–Trinajstić information content (AvgIpc) is 2.43. The SMILES string of the molecule is CCNCc1cnn(CC)c1C. The molecule has 1 N–H and O–H groups in total. The number of aromatic nitrogens is 2. The van der Waals surface area contributed by atoms with Crippen molar-refractivity contribution in [1.29, 1.82) is 0 Å². The Morgan fingerprint density at radius 2 is 2.25 bits per heavy atom. The molecular formula is C9H17N3. The van der Waals surface area contributed by atoms with Crippen LogP contribution >= 0.6 is 0 Å². The van der Waals surface area contributed by atoms with Crippen molar-refractivity contribution < 1.29 is 0 Å². The van der Waals surface area contributed by atoms with Gasteiger partial charge in [-0.3, -0.25) is 4.68 Å². The molecule has 0 saturated heterocycles. The summed E-state index contributed by atoms with van der Waals surface area (Å²) in [5, 5.41) is 7.55. The summed E-state index contributed by atoms with van der Waals surface area (Å²) in [5.41, 5.74) is 2.58. The summed E-state index contributed by atoms with van der Waals surface area (Å²) < 4.78 is 2.02. The average molecular weight is 167 g/mol. The van der Waals surface area contributed by atoms with Crippen LogP contribution in [0.15, 0.2) is 6.20 Å². The highest BCUT2D eigenvalue weighted by Crippen LogP contribution is 2.05. The van der Waals surface area contributed by atoms with Gasteiger partial charge >= 0.3 is 0 Å². The summed E-state index contributed by atoms with van der Waals surface area (Å²) in [6.45, 7) is 9.23. The van der Waals surface area contributed by atoms with Crippen LogP contribution in [0.4, 0.5) is 0 Å². The van der Waals surface area contributed by atoms with Crippen LogP contribution in [0.2, 0.25) is 0 Å². The van der Waals surface area contributed by atoms with Crippen molar-refractivity contribution in [1.82, 2.24) is 15.1 Å². The third-order valence-corrected chi connectivity index (χ3v) is 2.07. The summed E-state index contributed by atoms with van der Waals surface area (Å²) in [6, 6.07) is 0. The fourth-order valence-electron chi connectivity index (χ4n) is 1.24. The third-order valence-electron chi connectivity index (χ3n) is 2.07. The molecule has 0 spiro atoms. The minimum Gasteiger partial charge on any atom is -0.313 e. The maximum atomic E-state index is 4.26.